The second-order valence-electron chi connectivity index (χ2n) is 3.31. The Bertz CT molecular complexity index is 593. The van der Waals surface area contributed by atoms with Crippen LogP contribution in [0.2, 0.25) is 0 Å². The third kappa shape index (κ3) is 1.25. The molecule has 0 bridgehead atoms. The van der Waals surface area contributed by atoms with Crippen molar-refractivity contribution in [3.05, 3.63) is 36.9 Å². The molecule has 1 aromatic carbocycles. The number of benzene rings is 1. The highest BCUT2D eigenvalue weighted by molar-refractivity contribution is 5.79. The van der Waals surface area contributed by atoms with Gasteiger partial charge in [-0.1, -0.05) is 0 Å². The van der Waals surface area contributed by atoms with E-state index in [-0.39, 0.29) is 0 Å². The van der Waals surface area contributed by atoms with Crippen LogP contribution in [0.5, 0.6) is 0 Å². The van der Waals surface area contributed by atoms with Crippen molar-refractivity contribution in [3.63, 3.8) is 0 Å². The molecule has 0 saturated carbocycles. The van der Waals surface area contributed by atoms with E-state index in [4.69, 9.17) is 5.73 Å². The van der Waals surface area contributed by atoms with E-state index in [0.29, 0.717) is 0 Å². The first kappa shape index (κ1) is 8.05. The highest BCUT2D eigenvalue weighted by Crippen LogP contribution is 2.16. The third-order valence-electron chi connectivity index (χ3n) is 2.24. The molecule has 0 aliphatic heterocycles. The van der Waals surface area contributed by atoms with Crippen molar-refractivity contribution in [1.82, 2.24) is 19.5 Å². The number of nitrogens with two attached hydrogens (primary N) is 1. The van der Waals surface area contributed by atoms with E-state index >= 15 is 0 Å². The van der Waals surface area contributed by atoms with E-state index in [1.54, 1.807) is 12.5 Å². The van der Waals surface area contributed by atoms with Crippen LogP contribution in [0.25, 0.3) is 17.0 Å². The molecule has 0 fully saturated rings. The van der Waals surface area contributed by atoms with Gasteiger partial charge in [0.2, 0.25) is 5.95 Å². The molecule has 0 radical (unpaired) electrons. The molecule has 5 nitrogen and oxygen atoms in total. The molecule has 5 heteroatoms. The fourth-order valence-corrected chi connectivity index (χ4v) is 1.52. The Kier molecular flexibility index (Phi) is 1.53. The van der Waals surface area contributed by atoms with Crippen LogP contribution in [-0.2, 0) is 0 Å². The van der Waals surface area contributed by atoms with Gasteiger partial charge in [0.05, 0.1) is 11.0 Å². The van der Waals surface area contributed by atoms with Gasteiger partial charge in [0.1, 0.15) is 6.33 Å². The number of rotatable bonds is 1. The van der Waals surface area contributed by atoms with E-state index in [9.17, 15) is 0 Å². The number of hydrogen-bond acceptors (Lipinski definition) is 3. The number of imidazole rings is 2. The largest absolute Gasteiger partial charge is 0.399 e. The molecule has 15 heavy (non-hydrogen) atoms. The number of nitrogens with zero attached hydrogens (tertiary/aromatic N) is 3. The molecule has 74 valence electrons. The minimum Gasteiger partial charge on any atom is -0.399 e. The first-order chi connectivity index (χ1) is 7.33. The monoisotopic (exact) mass is 199 g/mol. The van der Waals surface area contributed by atoms with Crippen LogP contribution in [0.4, 0.5) is 5.69 Å². The molecule has 3 rings (SSSR count). The Morgan fingerprint density at radius 2 is 2.27 bits per heavy atom. The highest BCUT2D eigenvalue weighted by Gasteiger charge is 2.03. The smallest absolute Gasteiger partial charge is 0.213 e. The summed E-state index contributed by atoms with van der Waals surface area (Å²) in [6, 6.07) is 5.59. The molecule has 0 saturated heterocycles. The fourth-order valence-electron chi connectivity index (χ4n) is 1.52. The van der Waals surface area contributed by atoms with Gasteiger partial charge in [0, 0.05) is 18.1 Å². The van der Waals surface area contributed by atoms with Gasteiger partial charge >= 0.3 is 0 Å². The van der Waals surface area contributed by atoms with E-state index in [1.807, 2.05) is 29.0 Å². The normalized spacial score (nSPS) is 10.9. The summed E-state index contributed by atoms with van der Waals surface area (Å²) < 4.78 is 1.82. The standard InChI is InChI=1S/C10H9N5/c11-7-1-2-8-9(5-7)14-10(13-8)15-4-3-12-6-15/h1-6H,11H2,(H,13,14). The summed E-state index contributed by atoms with van der Waals surface area (Å²) in [5.74, 6) is 0.744. The summed E-state index contributed by atoms with van der Waals surface area (Å²) in [5.41, 5.74) is 8.24. The van der Waals surface area contributed by atoms with Gasteiger partial charge < -0.3 is 10.7 Å². The van der Waals surface area contributed by atoms with Crippen molar-refractivity contribution in [1.29, 1.82) is 0 Å². The molecule has 2 aromatic heterocycles. The Hall–Kier alpha value is -2.30. The van der Waals surface area contributed by atoms with Gasteiger partial charge in [-0.15, -0.1) is 0 Å². The van der Waals surface area contributed by atoms with E-state index in [2.05, 4.69) is 15.0 Å². The topological polar surface area (TPSA) is 72.5 Å². The summed E-state index contributed by atoms with van der Waals surface area (Å²) in [6.07, 6.45) is 5.24. The summed E-state index contributed by atoms with van der Waals surface area (Å²) >= 11 is 0. The van der Waals surface area contributed by atoms with Crippen LogP contribution >= 0.6 is 0 Å². The number of aromatic nitrogens is 4. The maximum Gasteiger partial charge on any atom is 0.213 e. The Balaban J connectivity index is 2.22. The Morgan fingerprint density at radius 1 is 1.33 bits per heavy atom. The average molecular weight is 199 g/mol. The second-order valence-corrected chi connectivity index (χ2v) is 3.31. The molecule has 0 aliphatic rings. The van der Waals surface area contributed by atoms with Gasteiger partial charge in [0.15, 0.2) is 0 Å². The van der Waals surface area contributed by atoms with Crippen LogP contribution < -0.4 is 5.73 Å². The Morgan fingerprint density at radius 3 is 3.07 bits per heavy atom. The van der Waals surface area contributed by atoms with Crippen LogP contribution in [0, 0.1) is 0 Å². The van der Waals surface area contributed by atoms with E-state index in [1.165, 1.54) is 0 Å². The molecular weight excluding hydrogens is 190 g/mol. The van der Waals surface area contributed by atoms with Crippen molar-refractivity contribution < 1.29 is 0 Å². The van der Waals surface area contributed by atoms with Gasteiger partial charge in [-0.2, -0.15) is 0 Å². The highest BCUT2D eigenvalue weighted by atomic mass is 15.2. The third-order valence-corrected chi connectivity index (χ3v) is 2.24. The van der Waals surface area contributed by atoms with E-state index in [0.717, 1.165) is 22.7 Å². The van der Waals surface area contributed by atoms with Gasteiger partial charge in [-0.05, 0) is 18.2 Å². The lowest BCUT2D eigenvalue weighted by Gasteiger charge is -1.92. The molecule has 0 aliphatic carbocycles. The zero-order chi connectivity index (χ0) is 10.3. The first-order valence-electron chi connectivity index (χ1n) is 4.56. The number of aromatic amines is 1. The second kappa shape index (κ2) is 2.84. The lowest BCUT2D eigenvalue weighted by atomic mass is 10.3. The Labute approximate surface area is 85.6 Å². The van der Waals surface area contributed by atoms with Crippen molar-refractivity contribution in [2.75, 3.05) is 5.73 Å². The molecule has 0 amide bonds. The molecule has 0 atom stereocenters. The molecule has 3 N–H and O–H groups in total. The molecular formula is C10H9N5. The zero-order valence-electron chi connectivity index (χ0n) is 7.88. The number of H-pyrrole nitrogens is 1. The predicted octanol–water partition coefficient (Wildman–Crippen LogP) is 1.33. The SMILES string of the molecule is Nc1ccc2nc(-n3ccnc3)[nH]c2c1. The minimum absolute atomic E-state index is 0.725. The maximum absolute atomic E-state index is 5.68. The van der Waals surface area contributed by atoms with Crippen LogP contribution in [0.3, 0.4) is 0 Å². The number of nitrogens with one attached hydrogen (secondary N) is 1. The summed E-state index contributed by atoms with van der Waals surface area (Å²) in [7, 11) is 0. The number of nitrogen functional groups attached to an aromatic ring is 1. The van der Waals surface area contributed by atoms with Gasteiger partial charge in [0.25, 0.3) is 0 Å². The van der Waals surface area contributed by atoms with Crippen LogP contribution in [0.15, 0.2) is 36.9 Å². The van der Waals surface area contributed by atoms with Crippen molar-refractivity contribution in [2.24, 2.45) is 0 Å². The fraction of sp³-hybridized carbons (Fsp3) is 0. The molecule has 0 unspecified atom stereocenters. The quantitative estimate of drug-likeness (QED) is 0.581. The van der Waals surface area contributed by atoms with Crippen molar-refractivity contribution in [3.8, 4) is 5.95 Å². The zero-order valence-corrected chi connectivity index (χ0v) is 7.88. The van der Waals surface area contributed by atoms with Crippen molar-refractivity contribution >= 4 is 16.7 Å². The van der Waals surface area contributed by atoms with Crippen molar-refractivity contribution in [2.45, 2.75) is 0 Å². The number of fused-ring (bicyclic) bond motifs is 1. The number of anilines is 1. The van der Waals surface area contributed by atoms with Gasteiger partial charge in [-0.25, -0.2) is 9.97 Å². The summed E-state index contributed by atoms with van der Waals surface area (Å²) in [4.78, 5) is 11.5. The molecule has 3 aromatic rings. The van der Waals surface area contributed by atoms with Crippen LogP contribution in [-0.4, -0.2) is 19.5 Å². The number of hydrogen-bond donors (Lipinski definition) is 2. The minimum atomic E-state index is 0.725. The molecule has 2 heterocycles. The van der Waals surface area contributed by atoms with E-state index < -0.39 is 0 Å². The van der Waals surface area contributed by atoms with Crippen LogP contribution in [0.1, 0.15) is 0 Å². The maximum atomic E-state index is 5.68. The summed E-state index contributed by atoms with van der Waals surface area (Å²) in [5, 5.41) is 0. The average Bonchev–Trinajstić information content (AvgIpc) is 2.84. The predicted molar refractivity (Wildman–Crippen MR) is 57.6 cm³/mol. The lowest BCUT2D eigenvalue weighted by molar-refractivity contribution is 0.967. The van der Waals surface area contributed by atoms with Gasteiger partial charge in [-0.3, -0.25) is 4.57 Å². The lowest BCUT2D eigenvalue weighted by Crippen LogP contribution is -1.91. The first-order valence-corrected chi connectivity index (χ1v) is 4.56. The summed E-state index contributed by atoms with van der Waals surface area (Å²) in [6.45, 7) is 0. The molecule has 0 spiro atoms.